The zero-order chi connectivity index (χ0) is 10.4. The molecule has 0 unspecified atom stereocenters. The van der Waals surface area contributed by atoms with Crippen LogP contribution in [0.25, 0.3) is 6.08 Å². The third-order valence-electron chi connectivity index (χ3n) is 1.88. The Labute approximate surface area is 84.2 Å². The summed E-state index contributed by atoms with van der Waals surface area (Å²) in [7, 11) is 1.38. The summed E-state index contributed by atoms with van der Waals surface area (Å²) in [5.74, 6) is -0.295. The highest BCUT2D eigenvalue weighted by atomic mass is 16.5. The molecular weight excluding hydrogens is 176 g/mol. The molecule has 0 saturated heterocycles. The fraction of sp³-hybridized carbons (Fsp3) is 0.250. The van der Waals surface area contributed by atoms with Crippen LogP contribution in [0.3, 0.4) is 0 Å². The van der Waals surface area contributed by atoms with E-state index < -0.39 is 0 Å². The first kappa shape index (κ1) is 10.5. The van der Waals surface area contributed by atoms with Crippen LogP contribution in [0.15, 0.2) is 30.3 Å². The van der Waals surface area contributed by atoms with Crippen molar-refractivity contribution in [3.63, 3.8) is 0 Å². The number of allylic oxidation sites excluding steroid dienone is 1. The maximum Gasteiger partial charge on any atom is 0.337 e. The van der Waals surface area contributed by atoms with E-state index in [4.69, 9.17) is 0 Å². The van der Waals surface area contributed by atoms with Crippen molar-refractivity contribution in [2.75, 3.05) is 7.11 Å². The topological polar surface area (TPSA) is 26.3 Å². The van der Waals surface area contributed by atoms with E-state index in [1.807, 2.05) is 18.2 Å². The van der Waals surface area contributed by atoms with Crippen molar-refractivity contribution in [1.29, 1.82) is 0 Å². The first-order valence-electron chi connectivity index (χ1n) is 4.63. The average Bonchev–Trinajstić information content (AvgIpc) is 2.26. The lowest BCUT2D eigenvalue weighted by Gasteiger charge is -1.98. The molecule has 0 saturated carbocycles. The lowest BCUT2D eigenvalue weighted by molar-refractivity contribution is 0.0601. The maximum atomic E-state index is 11.1. The molecule has 0 spiro atoms. The highest BCUT2D eigenvalue weighted by Gasteiger charge is 2.02. The SMILES string of the molecule is CC/C=C\c1ccc(C(=O)OC)cc1. The minimum Gasteiger partial charge on any atom is -0.465 e. The van der Waals surface area contributed by atoms with E-state index in [1.165, 1.54) is 7.11 Å². The summed E-state index contributed by atoms with van der Waals surface area (Å²) in [6, 6.07) is 7.33. The van der Waals surface area contributed by atoms with Gasteiger partial charge in [-0.3, -0.25) is 0 Å². The standard InChI is InChI=1S/C12H14O2/c1-3-4-5-10-6-8-11(9-7-10)12(13)14-2/h4-9H,3H2,1-2H3/b5-4-. The molecule has 0 radical (unpaired) electrons. The van der Waals surface area contributed by atoms with Gasteiger partial charge in [-0.1, -0.05) is 31.2 Å². The predicted molar refractivity (Wildman–Crippen MR) is 57.1 cm³/mol. The van der Waals surface area contributed by atoms with Gasteiger partial charge in [-0.05, 0) is 24.1 Å². The minimum atomic E-state index is -0.295. The van der Waals surface area contributed by atoms with Gasteiger partial charge in [0.2, 0.25) is 0 Å². The number of ether oxygens (including phenoxy) is 1. The molecule has 1 aromatic carbocycles. The molecule has 0 atom stereocenters. The first-order chi connectivity index (χ1) is 6.77. The van der Waals surface area contributed by atoms with E-state index in [0.29, 0.717) is 5.56 Å². The van der Waals surface area contributed by atoms with Crippen molar-refractivity contribution in [2.24, 2.45) is 0 Å². The van der Waals surface area contributed by atoms with Crippen molar-refractivity contribution in [3.8, 4) is 0 Å². The van der Waals surface area contributed by atoms with Crippen molar-refractivity contribution in [1.82, 2.24) is 0 Å². The number of rotatable bonds is 3. The van der Waals surface area contributed by atoms with Crippen molar-refractivity contribution < 1.29 is 9.53 Å². The predicted octanol–water partition coefficient (Wildman–Crippen LogP) is 2.90. The van der Waals surface area contributed by atoms with Crippen molar-refractivity contribution in [2.45, 2.75) is 13.3 Å². The number of hydrogen-bond donors (Lipinski definition) is 0. The summed E-state index contributed by atoms with van der Waals surface area (Å²) in [5, 5.41) is 0. The van der Waals surface area contributed by atoms with Crippen LogP contribution in [0.1, 0.15) is 29.3 Å². The Morgan fingerprint density at radius 1 is 1.36 bits per heavy atom. The fourth-order valence-electron chi connectivity index (χ4n) is 1.10. The van der Waals surface area contributed by atoms with Gasteiger partial charge in [-0.25, -0.2) is 4.79 Å². The molecular formula is C12H14O2. The number of esters is 1. The van der Waals surface area contributed by atoms with Gasteiger partial charge in [-0.15, -0.1) is 0 Å². The molecule has 1 aromatic rings. The quantitative estimate of drug-likeness (QED) is 0.685. The molecule has 0 aromatic heterocycles. The molecule has 0 fully saturated rings. The summed E-state index contributed by atoms with van der Waals surface area (Å²) < 4.78 is 4.60. The summed E-state index contributed by atoms with van der Waals surface area (Å²) in [6.45, 7) is 2.08. The van der Waals surface area contributed by atoms with Crippen molar-refractivity contribution >= 4 is 12.0 Å². The Kier molecular flexibility index (Phi) is 3.92. The monoisotopic (exact) mass is 190 g/mol. The van der Waals surface area contributed by atoms with E-state index in [1.54, 1.807) is 12.1 Å². The van der Waals surface area contributed by atoms with Crippen LogP contribution >= 0.6 is 0 Å². The Balaban J connectivity index is 2.78. The van der Waals surface area contributed by atoms with Gasteiger partial charge in [0, 0.05) is 0 Å². The molecule has 2 heteroatoms. The third kappa shape index (κ3) is 2.73. The average molecular weight is 190 g/mol. The van der Waals surface area contributed by atoms with Crippen molar-refractivity contribution in [3.05, 3.63) is 41.5 Å². The lowest BCUT2D eigenvalue weighted by atomic mass is 10.1. The molecule has 0 amide bonds. The van der Waals surface area contributed by atoms with Crippen LogP contribution < -0.4 is 0 Å². The van der Waals surface area contributed by atoms with Gasteiger partial charge in [0.1, 0.15) is 0 Å². The number of methoxy groups -OCH3 is 1. The zero-order valence-corrected chi connectivity index (χ0v) is 8.49. The normalized spacial score (nSPS) is 10.4. The fourth-order valence-corrected chi connectivity index (χ4v) is 1.10. The van der Waals surface area contributed by atoms with Gasteiger partial charge < -0.3 is 4.74 Å². The van der Waals surface area contributed by atoms with E-state index in [0.717, 1.165) is 12.0 Å². The molecule has 0 aliphatic heterocycles. The molecule has 74 valence electrons. The van der Waals surface area contributed by atoms with Gasteiger partial charge in [0.05, 0.1) is 12.7 Å². The molecule has 0 bridgehead atoms. The summed E-state index contributed by atoms with van der Waals surface area (Å²) in [6.07, 6.45) is 5.12. The number of hydrogen-bond acceptors (Lipinski definition) is 2. The number of carbonyl (C=O) groups excluding carboxylic acids is 1. The second kappa shape index (κ2) is 5.22. The smallest absolute Gasteiger partial charge is 0.337 e. The highest BCUT2D eigenvalue weighted by Crippen LogP contribution is 2.07. The first-order valence-corrected chi connectivity index (χ1v) is 4.63. The minimum absolute atomic E-state index is 0.295. The summed E-state index contributed by atoms with van der Waals surface area (Å²) in [4.78, 5) is 11.1. The van der Waals surface area contributed by atoms with Gasteiger partial charge in [-0.2, -0.15) is 0 Å². The maximum absolute atomic E-state index is 11.1. The van der Waals surface area contributed by atoms with E-state index in [9.17, 15) is 4.79 Å². The van der Waals surface area contributed by atoms with E-state index in [-0.39, 0.29) is 5.97 Å². The zero-order valence-electron chi connectivity index (χ0n) is 8.49. The van der Waals surface area contributed by atoms with Gasteiger partial charge in [0.15, 0.2) is 0 Å². The molecule has 2 nitrogen and oxygen atoms in total. The molecule has 0 aliphatic rings. The largest absolute Gasteiger partial charge is 0.465 e. The van der Waals surface area contributed by atoms with Crippen LogP contribution in [-0.2, 0) is 4.74 Å². The molecule has 0 N–H and O–H groups in total. The Hall–Kier alpha value is -1.57. The molecule has 0 heterocycles. The Bertz CT molecular complexity index is 323. The summed E-state index contributed by atoms with van der Waals surface area (Å²) >= 11 is 0. The Morgan fingerprint density at radius 2 is 2.00 bits per heavy atom. The van der Waals surface area contributed by atoms with Crippen LogP contribution in [0.4, 0.5) is 0 Å². The van der Waals surface area contributed by atoms with Crippen LogP contribution in [0.2, 0.25) is 0 Å². The highest BCUT2D eigenvalue weighted by molar-refractivity contribution is 5.89. The third-order valence-corrected chi connectivity index (χ3v) is 1.88. The van der Waals surface area contributed by atoms with Gasteiger partial charge >= 0.3 is 5.97 Å². The van der Waals surface area contributed by atoms with Crippen LogP contribution in [-0.4, -0.2) is 13.1 Å². The lowest BCUT2D eigenvalue weighted by Crippen LogP contribution is -2.00. The van der Waals surface area contributed by atoms with Crippen LogP contribution in [0.5, 0.6) is 0 Å². The summed E-state index contributed by atoms with van der Waals surface area (Å²) in [5.41, 5.74) is 1.68. The molecule has 1 rings (SSSR count). The molecule has 14 heavy (non-hydrogen) atoms. The second-order valence-corrected chi connectivity index (χ2v) is 2.92. The second-order valence-electron chi connectivity index (χ2n) is 2.92. The van der Waals surface area contributed by atoms with E-state index >= 15 is 0 Å². The molecule has 0 aliphatic carbocycles. The van der Waals surface area contributed by atoms with Crippen LogP contribution in [0, 0.1) is 0 Å². The number of benzene rings is 1. The Morgan fingerprint density at radius 3 is 2.50 bits per heavy atom. The van der Waals surface area contributed by atoms with E-state index in [2.05, 4.69) is 17.7 Å². The number of carbonyl (C=O) groups is 1. The van der Waals surface area contributed by atoms with Gasteiger partial charge in [0.25, 0.3) is 0 Å².